The van der Waals surface area contributed by atoms with Gasteiger partial charge in [-0.3, -0.25) is 4.79 Å². The lowest BCUT2D eigenvalue weighted by molar-refractivity contribution is -0.123. The number of carbonyl (C=O) groups is 1. The van der Waals surface area contributed by atoms with Gasteiger partial charge in [-0.25, -0.2) is 0 Å². The van der Waals surface area contributed by atoms with E-state index in [1.54, 1.807) is 25.1 Å². The van der Waals surface area contributed by atoms with Gasteiger partial charge in [0.25, 0.3) is 0 Å². The fourth-order valence-corrected chi connectivity index (χ4v) is 1.86. The summed E-state index contributed by atoms with van der Waals surface area (Å²) < 4.78 is 0. The monoisotopic (exact) mass is 265 g/mol. The van der Waals surface area contributed by atoms with E-state index < -0.39 is 0 Å². The van der Waals surface area contributed by atoms with E-state index in [1.165, 1.54) is 51.4 Å². The van der Waals surface area contributed by atoms with E-state index in [1.807, 2.05) is 12.2 Å². The summed E-state index contributed by atoms with van der Waals surface area (Å²) in [5.74, 6) is 0.0386. The minimum absolute atomic E-state index is 0.0386. The molecule has 110 valence electrons. The Balaban J connectivity index is 3.32. The van der Waals surface area contributed by atoms with Crippen molar-refractivity contribution in [3.8, 4) is 0 Å². The van der Waals surface area contributed by atoms with Crippen molar-refractivity contribution in [2.24, 2.45) is 0 Å². The molecule has 0 aromatic carbocycles. The molecule has 2 heteroatoms. The normalized spacial score (nSPS) is 11.5. The number of carbonyl (C=O) groups excluding carboxylic acids is 1. The van der Waals surface area contributed by atoms with E-state index in [4.69, 9.17) is 0 Å². The first-order valence-corrected chi connectivity index (χ1v) is 7.73. The van der Waals surface area contributed by atoms with E-state index in [0.717, 1.165) is 6.42 Å². The molecule has 0 fully saturated rings. The molecule has 0 bridgehead atoms. The number of hydrogen-bond donors (Lipinski definition) is 0. The van der Waals surface area contributed by atoms with Crippen LogP contribution in [0.25, 0.3) is 0 Å². The standard InChI is InChI=1S/C17H31NO/c1-4-5-6-7-8-9-10-11-12-13-14-15-16-17(19)18(2)3/h13-16H,4-12H2,1-3H3. The molecule has 0 rings (SSSR count). The highest BCUT2D eigenvalue weighted by atomic mass is 16.2. The molecule has 0 aromatic rings. The molecule has 0 aliphatic rings. The summed E-state index contributed by atoms with van der Waals surface area (Å²) in [6, 6.07) is 0. The highest BCUT2D eigenvalue weighted by Gasteiger charge is 1.94. The maximum Gasteiger partial charge on any atom is 0.246 e. The number of nitrogens with zero attached hydrogens (tertiary/aromatic N) is 1. The molecule has 0 saturated heterocycles. The van der Waals surface area contributed by atoms with Crippen LogP contribution in [0.2, 0.25) is 0 Å². The molecule has 0 saturated carbocycles. The van der Waals surface area contributed by atoms with Gasteiger partial charge in [-0.05, 0) is 12.8 Å². The van der Waals surface area contributed by atoms with Gasteiger partial charge in [0.05, 0.1) is 0 Å². The minimum Gasteiger partial charge on any atom is -0.345 e. The Kier molecular flexibility index (Phi) is 12.6. The van der Waals surface area contributed by atoms with Crippen molar-refractivity contribution < 1.29 is 4.79 Å². The second kappa shape index (κ2) is 13.4. The third-order valence-corrected chi connectivity index (χ3v) is 3.15. The fourth-order valence-electron chi connectivity index (χ4n) is 1.86. The van der Waals surface area contributed by atoms with Crippen molar-refractivity contribution in [1.82, 2.24) is 4.90 Å². The van der Waals surface area contributed by atoms with Crippen molar-refractivity contribution in [1.29, 1.82) is 0 Å². The van der Waals surface area contributed by atoms with Gasteiger partial charge < -0.3 is 4.90 Å². The summed E-state index contributed by atoms with van der Waals surface area (Å²) in [5.41, 5.74) is 0. The molecule has 0 atom stereocenters. The van der Waals surface area contributed by atoms with Gasteiger partial charge in [-0.15, -0.1) is 0 Å². The first kappa shape index (κ1) is 17.9. The number of rotatable bonds is 11. The zero-order valence-electron chi connectivity index (χ0n) is 13.0. The zero-order chi connectivity index (χ0) is 14.3. The summed E-state index contributed by atoms with van der Waals surface area (Å²) >= 11 is 0. The first-order valence-electron chi connectivity index (χ1n) is 7.73. The van der Waals surface area contributed by atoms with Gasteiger partial charge in [0, 0.05) is 20.2 Å². The fraction of sp³-hybridized carbons (Fsp3) is 0.706. The smallest absolute Gasteiger partial charge is 0.246 e. The molecular formula is C17H31NO. The number of amides is 1. The van der Waals surface area contributed by atoms with Crippen LogP contribution in [0.5, 0.6) is 0 Å². The van der Waals surface area contributed by atoms with Crippen LogP contribution in [0.4, 0.5) is 0 Å². The van der Waals surface area contributed by atoms with Gasteiger partial charge in [-0.2, -0.15) is 0 Å². The lowest BCUT2D eigenvalue weighted by atomic mass is 10.1. The molecule has 1 amide bonds. The number of likely N-dealkylation sites (N-methyl/N-ethyl adjacent to an activating group) is 1. The third kappa shape index (κ3) is 13.2. The number of unbranched alkanes of at least 4 members (excludes halogenated alkanes) is 8. The Labute approximate surface area is 119 Å². The molecule has 19 heavy (non-hydrogen) atoms. The Hall–Kier alpha value is -1.05. The lowest BCUT2D eigenvalue weighted by Crippen LogP contribution is -2.18. The first-order chi connectivity index (χ1) is 9.18. The van der Waals surface area contributed by atoms with E-state index in [0.29, 0.717) is 0 Å². The Bertz CT molecular complexity index is 266. The second-order valence-electron chi connectivity index (χ2n) is 5.28. The van der Waals surface area contributed by atoms with E-state index in [-0.39, 0.29) is 5.91 Å². The Morgan fingerprint density at radius 1 is 0.895 bits per heavy atom. The molecule has 0 aliphatic carbocycles. The van der Waals surface area contributed by atoms with Crippen LogP contribution in [-0.2, 0) is 4.79 Å². The molecule has 0 heterocycles. The Morgan fingerprint density at radius 3 is 2.05 bits per heavy atom. The molecule has 0 aliphatic heterocycles. The molecule has 0 spiro atoms. The van der Waals surface area contributed by atoms with Crippen molar-refractivity contribution >= 4 is 5.91 Å². The highest BCUT2D eigenvalue weighted by molar-refractivity contribution is 5.87. The summed E-state index contributed by atoms with van der Waals surface area (Å²) in [6.45, 7) is 2.26. The summed E-state index contributed by atoms with van der Waals surface area (Å²) in [7, 11) is 3.52. The summed E-state index contributed by atoms with van der Waals surface area (Å²) in [5, 5.41) is 0. The van der Waals surface area contributed by atoms with Gasteiger partial charge >= 0.3 is 0 Å². The van der Waals surface area contributed by atoms with Gasteiger partial charge in [-0.1, -0.05) is 70.1 Å². The van der Waals surface area contributed by atoms with Gasteiger partial charge in [0.1, 0.15) is 0 Å². The molecule has 0 radical (unpaired) electrons. The predicted molar refractivity (Wildman–Crippen MR) is 84.2 cm³/mol. The Morgan fingerprint density at radius 2 is 1.47 bits per heavy atom. The molecular weight excluding hydrogens is 234 g/mol. The minimum atomic E-state index is 0.0386. The second-order valence-corrected chi connectivity index (χ2v) is 5.28. The van der Waals surface area contributed by atoms with Crippen molar-refractivity contribution in [3.63, 3.8) is 0 Å². The van der Waals surface area contributed by atoms with Crippen LogP contribution in [0.1, 0.15) is 64.7 Å². The molecule has 0 unspecified atom stereocenters. The number of hydrogen-bond acceptors (Lipinski definition) is 1. The van der Waals surface area contributed by atoms with Crippen molar-refractivity contribution in [2.45, 2.75) is 64.7 Å². The van der Waals surface area contributed by atoms with Crippen LogP contribution >= 0.6 is 0 Å². The molecule has 0 N–H and O–H groups in total. The lowest BCUT2D eigenvalue weighted by Gasteiger charge is -2.04. The van der Waals surface area contributed by atoms with Crippen LogP contribution < -0.4 is 0 Å². The predicted octanol–water partition coefficient (Wildman–Crippen LogP) is 4.72. The number of allylic oxidation sites excluding steroid dienone is 3. The molecule has 2 nitrogen and oxygen atoms in total. The largest absolute Gasteiger partial charge is 0.345 e. The topological polar surface area (TPSA) is 20.3 Å². The van der Waals surface area contributed by atoms with Crippen LogP contribution in [-0.4, -0.2) is 24.9 Å². The maximum atomic E-state index is 11.2. The van der Waals surface area contributed by atoms with Crippen LogP contribution in [0, 0.1) is 0 Å². The van der Waals surface area contributed by atoms with E-state index >= 15 is 0 Å². The van der Waals surface area contributed by atoms with E-state index in [2.05, 4.69) is 13.0 Å². The van der Waals surface area contributed by atoms with Gasteiger partial charge in [0.2, 0.25) is 5.91 Å². The quantitative estimate of drug-likeness (QED) is 0.301. The average molecular weight is 265 g/mol. The van der Waals surface area contributed by atoms with Gasteiger partial charge in [0.15, 0.2) is 0 Å². The van der Waals surface area contributed by atoms with Crippen LogP contribution in [0.3, 0.4) is 0 Å². The average Bonchev–Trinajstić information content (AvgIpc) is 2.39. The summed E-state index contributed by atoms with van der Waals surface area (Å²) in [6.07, 6.45) is 19.5. The third-order valence-electron chi connectivity index (χ3n) is 3.15. The van der Waals surface area contributed by atoms with Crippen molar-refractivity contribution in [2.75, 3.05) is 14.1 Å². The highest BCUT2D eigenvalue weighted by Crippen LogP contribution is 2.09. The zero-order valence-corrected chi connectivity index (χ0v) is 13.0. The van der Waals surface area contributed by atoms with Crippen LogP contribution in [0.15, 0.2) is 24.3 Å². The maximum absolute atomic E-state index is 11.2. The molecule has 0 aromatic heterocycles. The van der Waals surface area contributed by atoms with Crippen molar-refractivity contribution in [3.05, 3.63) is 24.3 Å². The van der Waals surface area contributed by atoms with E-state index in [9.17, 15) is 4.79 Å². The SMILES string of the molecule is CCCCCCCCCCC=CC=CC(=O)N(C)C. The summed E-state index contributed by atoms with van der Waals surface area (Å²) in [4.78, 5) is 12.8.